The average molecular weight is 525 g/mol. The fourth-order valence-corrected chi connectivity index (χ4v) is 5.53. The topological polar surface area (TPSA) is 67.0 Å². The Balaban J connectivity index is 1.48. The molecule has 5 aromatic rings. The SMILES string of the molecule is COc1ccc(NC2=Nc3ccccc3N3C2=Nc2c(c(C)nn2-c2ccccc2C)C3c2ccccc2)cc1. The van der Waals surface area contributed by atoms with E-state index in [0.717, 1.165) is 62.5 Å². The fourth-order valence-electron chi connectivity index (χ4n) is 5.53. The van der Waals surface area contributed by atoms with Crippen LogP contribution < -0.4 is 15.0 Å². The number of aromatic nitrogens is 2. The van der Waals surface area contributed by atoms with Crippen LogP contribution in [-0.4, -0.2) is 28.6 Å². The molecule has 0 bridgehead atoms. The Labute approximate surface area is 233 Å². The van der Waals surface area contributed by atoms with E-state index < -0.39 is 0 Å². The first-order chi connectivity index (χ1) is 19.6. The highest BCUT2D eigenvalue weighted by atomic mass is 16.5. The van der Waals surface area contributed by atoms with Crippen molar-refractivity contribution >= 4 is 34.6 Å². The van der Waals surface area contributed by atoms with Crippen LogP contribution in [-0.2, 0) is 0 Å². The molecule has 7 nitrogen and oxygen atoms in total. The molecule has 0 radical (unpaired) electrons. The van der Waals surface area contributed by atoms with Gasteiger partial charge < -0.3 is 15.0 Å². The zero-order valence-electron chi connectivity index (χ0n) is 22.5. The lowest BCUT2D eigenvalue weighted by atomic mass is 9.93. The summed E-state index contributed by atoms with van der Waals surface area (Å²) < 4.78 is 7.34. The monoisotopic (exact) mass is 524 g/mol. The van der Waals surface area contributed by atoms with Gasteiger partial charge in [0.2, 0.25) is 0 Å². The molecular formula is C33H28N6O. The largest absolute Gasteiger partial charge is 0.497 e. The number of amidine groups is 2. The van der Waals surface area contributed by atoms with Crippen LogP contribution in [0.1, 0.15) is 28.4 Å². The first kappa shape index (κ1) is 23.9. The Kier molecular flexibility index (Phi) is 5.70. The lowest BCUT2D eigenvalue weighted by molar-refractivity contribution is 0.415. The molecule has 0 spiro atoms. The molecule has 0 saturated heterocycles. The number of para-hydroxylation sites is 3. The van der Waals surface area contributed by atoms with Crippen molar-refractivity contribution in [2.75, 3.05) is 17.3 Å². The Morgan fingerprint density at radius 3 is 2.20 bits per heavy atom. The van der Waals surface area contributed by atoms with E-state index in [1.54, 1.807) is 7.11 Å². The molecule has 7 rings (SSSR count). The van der Waals surface area contributed by atoms with Gasteiger partial charge in [-0.05, 0) is 67.4 Å². The van der Waals surface area contributed by atoms with Gasteiger partial charge in [0.05, 0.1) is 35.9 Å². The molecule has 1 aromatic heterocycles. The van der Waals surface area contributed by atoms with Crippen molar-refractivity contribution in [2.45, 2.75) is 19.9 Å². The summed E-state index contributed by atoms with van der Waals surface area (Å²) in [6.45, 7) is 4.18. The van der Waals surface area contributed by atoms with Gasteiger partial charge in [-0.3, -0.25) is 0 Å². The van der Waals surface area contributed by atoms with E-state index in [9.17, 15) is 0 Å². The molecule has 196 valence electrons. The molecule has 1 atom stereocenters. The molecule has 1 N–H and O–H groups in total. The predicted octanol–water partition coefficient (Wildman–Crippen LogP) is 7.29. The van der Waals surface area contributed by atoms with Crippen LogP contribution in [0.4, 0.5) is 22.9 Å². The lowest BCUT2D eigenvalue weighted by Gasteiger charge is -2.40. The molecule has 7 heteroatoms. The van der Waals surface area contributed by atoms with E-state index in [-0.39, 0.29) is 6.04 Å². The van der Waals surface area contributed by atoms with Gasteiger partial charge in [0.15, 0.2) is 17.5 Å². The number of aliphatic imine (C=N–C) groups is 2. The number of methoxy groups -OCH3 is 1. The third-order valence-corrected chi connectivity index (χ3v) is 7.45. The standard InChI is InChI=1S/C33H28N6O/c1-21-11-7-9-15-27(21)39-32-29(22(2)37-39)30(23-12-5-4-6-13-23)38-28-16-10-8-14-26(28)35-31(33(38)36-32)34-24-17-19-25(40-3)20-18-24/h4-20,30H,1-3H3,(H,34,35). The Hall–Kier alpha value is -5.17. The lowest BCUT2D eigenvalue weighted by Crippen LogP contribution is -2.46. The number of hydrogen-bond donors (Lipinski definition) is 1. The molecule has 40 heavy (non-hydrogen) atoms. The quantitative estimate of drug-likeness (QED) is 0.268. The van der Waals surface area contributed by atoms with Crippen molar-refractivity contribution in [2.24, 2.45) is 9.98 Å². The summed E-state index contributed by atoms with van der Waals surface area (Å²) >= 11 is 0. The third-order valence-electron chi connectivity index (χ3n) is 7.45. The first-order valence-electron chi connectivity index (χ1n) is 13.3. The minimum absolute atomic E-state index is 0.147. The van der Waals surface area contributed by atoms with Crippen LogP contribution >= 0.6 is 0 Å². The van der Waals surface area contributed by atoms with Crippen LogP contribution in [0.25, 0.3) is 5.69 Å². The van der Waals surface area contributed by atoms with Crippen molar-refractivity contribution < 1.29 is 4.74 Å². The molecule has 0 amide bonds. The average Bonchev–Trinajstić information content (AvgIpc) is 3.32. The molecule has 0 saturated carbocycles. The molecule has 0 aliphatic carbocycles. The van der Waals surface area contributed by atoms with E-state index in [1.165, 1.54) is 0 Å². The second kappa shape index (κ2) is 9.54. The van der Waals surface area contributed by atoms with Crippen molar-refractivity contribution in [3.05, 3.63) is 126 Å². The number of fused-ring (bicyclic) bond motifs is 4. The van der Waals surface area contributed by atoms with Gasteiger partial charge in [0.25, 0.3) is 0 Å². The number of rotatable bonds is 4. The Bertz CT molecular complexity index is 1790. The van der Waals surface area contributed by atoms with Crippen molar-refractivity contribution in [1.29, 1.82) is 0 Å². The van der Waals surface area contributed by atoms with Crippen LogP contribution in [0, 0.1) is 13.8 Å². The van der Waals surface area contributed by atoms with E-state index >= 15 is 0 Å². The van der Waals surface area contributed by atoms with Crippen molar-refractivity contribution in [3.8, 4) is 11.4 Å². The number of ether oxygens (including phenoxy) is 1. The summed E-state index contributed by atoms with van der Waals surface area (Å²) in [5.41, 5.74) is 8.10. The zero-order chi connectivity index (χ0) is 27.2. The maximum atomic E-state index is 5.36. The number of nitrogens with one attached hydrogen (secondary N) is 1. The smallest absolute Gasteiger partial charge is 0.179 e. The summed E-state index contributed by atoms with van der Waals surface area (Å²) in [7, 11) is 1.67. The minimum atomic E-state index is -0.147. The van der Waals surface area contributed by atoms with Gasteiger partial charge in [-0.2, -0.15) is 5.10 Å². The van der Waals surface area contributed by atoms with Gasteiger partial charge in [-0.15, -0.1) is 0 Å². The summed E-state index contributed by atoms with van der Waals surface area (Å²) in [5, 5.41) is 8.59. The van der Waals surface area contributed by atoms with Gasteiger partial charge >= 0.3 is 0 Å². The highest BCUT2D eigenvalue weighted by Crippen LogP contribution is 2.48. The summed E-state index contributed by atoms with van der Waals surface area (Å²) in [6.07, 6.45) is 0. The number of nitrogens with zero attached hydrogens (tertiary/aromatic N) is 5. The second-order valence-corrected chi connectivity index (χ2v) is 9.94. The third kappa shape index (κ3) is 3.86. The molecule has 0 fully saturated rings. The molecule has 1 unspecified atom stereocenters. The minimum Gasteiger partial charge on any atom is -0.497 e. The van der Waals surface area contributed by atoms with Crippen LogP contribution in [0.3, 0.4) is 0 Å². The summed E-state index contributed by atoms with van der Waals surface area (Å²) in [6, 6.07) is 34.8. The summed E-state index contributed by atoms with van der Waals surface area (Å²) in [5.74, 6) is 3.02. The van der Waals surface area contributed by atoms with E-state index in [1.807, 2.05) is 59.3 Å². The molecule has 2 aliphatic rings. The predicted molar refractivity (Wildman–Crippen MR) is 161 cm³/mol. The normalized spacial score (nSPS) is 15.4. The highest BCUT2D eigenvalue weighted by molar-refractivity contribution is 6.51. The Morgan fingerprint density at radius 1 is 0.750 bits per heavy atom. The number of hydrogen-bond acceptors (Lipinski definition) is 6. The molecular weight excluding hydrogens is 496 g/mol. The highest BCUT2D eigenvalue weighted by Gasteiger charge is 2.41. The van der Waals surface area contributed by atoms with Gasteiger partial charge in [-0.25, -0.2) is 14.7 Å². The first-order valence-corrected chi connectivity index (χ1v) is 13.3. The summed E-state index contributed by atoms with van der Waals surface area (Å²) in [4.78, 5) is 12.7. The number of benzene rings is 4. The Morgan fingerprint density at radius 2 is 1.45 bits per heavy atom. The van der Waals surface area contributed by atoms with Crippen molar-refractivity contribution in [1.82, 2.24) is 9.78 Å². The maximum Gasteiger partial charge on any atom is 0.179 e. The second-order valence-electron chi connectivity index (χ2n) is 9.94. The van der Waals surface area contributed by atoms with Crippen LogP contribution in [0.5, 0.6) is 5.75 Å². The molecule has 3 heterocycles. The molecule has 4 aromatic carbocycles. The number of aryl methyl sites for hydroxylation is 2. The van der Waals surface area contributed by atoms with E-state index in [4.69, 9.17) is 19.8 Å². The van der Waals surface area contributed by atoms with Crippen molar-refractivity contribution in [3.63, 3.8) is 0 Å². The van der Waals surface area contributed by atoms with E-state index in [0.29, 0.717) is 5.84 Å². The maximum absolute atomic E-state index is 5.36. The van der Waals surface area contributed by atoms with E-state index in [2.05, 4.69) is 72.6 Å². The van der Waals surface area contributed by atoms with Crippen LogP contribution in [0.15, 0.2) is 113 Å². The van der Waals surface area contributed by atoms with Crippen LogP contribution in [0.2, 0.25) is 0 Å². The van der Waals surface area contributed by atoms with Gasteiger partial charge in [-0.1, -0.05) is 60.7 Å². The fraction of sp³-hybridized carbons (Fsp3) is 0.121. The zero-order valence-corrected chi connectivity index (χ0v) is 22.5. The van der Waals surface area contributed by atoms with Gasteiger partial charge in [0, 0.05) is 11.3 Å². The van der Waals surface area contributed by atoms with Gasteiger partial charge in [0.1, 0.15) is 5.75 Å². The molecule has 2 aliphatic heterocycles. The number of anilines is 2.